The first-order valence-corrected chi connectivity index (χ1v) is 8.91. The number of primary amides is 1. The highest BCUT2D eigenvalue weighted by atomic mass is 79.9. The maximum atomic E-state index is 12.8. The van der Waals surface area contributed by atoms with Crippen LogP contribution in [-0.4, -0.2) is 31.2 Å². The summed E-state index contributed by atoms with van der Waals surface area (Å²) in [6.07, 6.45) is 3.37. The van der Waals surface area contributed by atoms with Crippen LogP contribution in [0.25, 0.3) is 0 Å². The van der Waals surface area contributed by atoms with Crippen molar-refractivity contribution in [3.8, 4) is 0 Å². The molecular weight excluding hydrogens is 358 g/mol. The highest BCUT2D eigenvalue weighted by Crippen LogP contribution is 2.31. The van der Waals surface area contributed by atoms with Crippen molar-refractivity contribution in [2.75, 3.05) is 12.3 Å². The molecule has 0 bridgehead atoms. The van der Waals surface area contributed by atoms with Gasteiger partial charge in [-0.05, 0) is 31.0 Å². The number of anilines is 1. The molecule has 1 aromatic rings. The first kappa shape index (κ1) is 16.3. The number of nitrogens with two attached hydrogens (primary N) is 2. The van der Waals surface area contributed by atoms with Crippen molar-refractivity contribution in [3.63, 3.8) is 0 Å². The second kappa shape index (κ2) is 6.33. The largest absolute Gasteiger partial charge is 0.398 e. The number of carbonyl (C=O) groups excluding carboxylic acids is 1. The quantitative estimate of drug-likeness (QED) is 0.759. The van der Waals surface area contributed by atoms with E-state index in [1.807, 2.05) is 0 Å². The molecule has 1 aliphatic carbocycles. The summed E-state index contributed by atoms with van der Waals surface area (Å²) < 4.78 is 27.5. The molecule has 1 fully saturated rings. The maximum absolute atomic E-state index is 12.8. The van der Waals surface area contributed by atoms with E-state index in [1.54, 1.807) is 6.07 Å². The molecule has 116 valence electrons. The number of sulfonamides is 1. The third-order valence-electron chi connectivity index (χ3n) is 3.61. The number of hydrogen-bond acceptors (Lipinski definition) is 4. The van der Waals surface area contributed by atoms with Crippen molar-refractivity contribution in [2.24, 2.45) is 5.73 Å². The highest BCUT2D eigenvalue weighted by molar-refractivity contribution is 9.10. The molecule has 1 aromatic carbocycles. The molecule has 8 heteroatoms. The standard InChI is InChI=1S/C13H18BrN3O3S/c14-9-5-6-11(15)12(7-9)21(19,20)17(8-13(16)18)10-3-1-2-4-10/h5-7,10H,1-4,8,15H2,(H2,16,18). The van der Waals surface area contributed by atoms with Gasteiger partial charge in [-0.3, -0.25) is 4.79 Å². The normalized spacial score (nSPS) is 16.5. The van der Waals surface area contributed by atoms with E-state index in [-0.39, 0.29) is 23.2 Å². The average Bonchev–Trinajstić information content (AvgIpc) is 2.92. The summed E-state index contributed by atoms with van der Waals surface area (Å²) in [6, 6.07) is 4.45. The fourth-order valence-electron chi connectivity index (χ4n) is 2.61. The van der Waals surface area contributed by atoms with E-state index in [0.717, 1.165) is 25.7 Å². The van der Waals surface area contributed by atoms with Crippen molar-refractivity contribution in [2.45, 2.75) is 36.6 Å². The van der Waals surface area contributed by atoms with Crippen LogP contribution in [0.2, 0.25) is 0 Å². The van der Waals surface area contributed by atoms with Crippen LogP contribution in [0, 0.1) is 0 Å². The minimum atomic E-state index is -3.86. The minimum absolute atomic E-state index is 0.00465. The molecule has 1 saturated carbocycles. The van der Waals surface area contributed by atoms with Crippen LogP contribution in [0.15, 0.2) is 27.6 Å². The number of hydrogen-bond donors (Lipinski definition) is 2. The number of rotatable bonds is 5. The number of halogens is 1. The number of carbonyl (C=O) groups is 1. The second-order valence-corrected chi connectivity index (χ2v) is 7.91. The second-order valence-electron chi connectivity index (χ2n) is 5.14. The van der Waals surface area contributed by atoms with Crippen LogP contribution in [0.3, 0.4) is 0 Å². The van der Waals surface area contributed by atoms with Crippen LogP contribution in [-0.2, 0) is 14.8 Å². The van der Waals surface area contributed by atoms with Crippen LogP contribution in [0.5, 0.6) is 0 Å². The van der Waals surface area contributed by atoms with Gasteiger partial charge in [-0.15, -0.1) is 0 Å². The molecule has 0 unspecified atom stereocenters. The van der Waals surface area contributed by atoms with Crippen LogP contribution < -0.4 is 11.5 Å². The van der Waals surface area contributed by atoms with Gasteiger partial charge in [-0.2, -0.15) is 4.31 Å². The van der Waals surface area contributed by atoms with Gasteiger partial charge in [-0.1, -0.05) is 28.8 Å². The van der Waals surface area contributed by atoms with E-state index in [4.69, 9.17) is 11.5 Å². The lowest BCUT2D eigenvalue weighted by Gasteiger charge is -2.27. The molecule has 0 aliphatic heterocycles. The molecule has 1 aliphatic rings. The molecule has 0 heterocycles. The first-order chi connectivity index (χ1) is 9.82. The monoisotopic (exact) mass is 375 g/mol. The summed E-state index contributed by atoms with van der Waals surface area (Å²) in [6.45, 7) is -0.320. The summed E-state index contributed by atoms with van der Waals surface area (Å²) >= 11 is 3.24. The molecule has 0 saturated heterocycles. The third kappa shape index (κ3) is 3.56. The molecule has 0 atom stereocenters. The van der Waals surface area contributed by atoms with Gasteiger partial charge in [-0.25, -0.2) is 8.42 Å². The van der Waals surface area contributed by atoms with E-state index in [9.17, 15) is 13.2 Å². The van der Waals surface area contributed by atoms with Gasteiger partial charge in [0, 0.05) is 10.5 Å². The van der Waals surface area contributed by atoms with Crippen molar-refractivity contribution in [3.05, 3.63) is 22.7 Å². The van der Waals surface area contributed by atoms with Crippen molar-refractivity contribution in [1.82, 2.24) is 4.31 Å². The van der Waals surface area contributed by atoms with Gasteiger partial charge in [0.2, 0.25) is 15.9 Å². The van der Waals surface area contributed by atoms with E-state index >= 15 is 0 Å². The summed E-state index contributed by atoms with van der Waals surface area (Å²) in [5.41, 5.74) is 11.2. The Morgan fingerprint density at radius 2 is 1.95 bits per heavy atom. The molecule has 1 amide bonds. The minimum Gasteiger partial charge on any atom is -0.398 e. The number of nitrogens with zero attached hydrogens (tertiary/aromatic N) is 1. The molecule has 0 radical (unpaired) electrons. The zero-order valence-corrected chi connectivity index (χ0v) is 13.9. The Labute approximate surface area is 132 Å². The van der Waals surface area contributed by atoms with E-state index in [2.05, 4.69) is 15.9 Å². The Morgan fingerprint density at radius 1 is 1.33 bits per heavy atom. The Bertz CT molecular complexity index is 642. The van der Waals surface area contributed by atoms with Crippen LogP contribution >= 0.6 is 15.9 Å². The number of benzene rings is 1. The Balaban J connectivity index is 2.45. The molecule has 21 heavy (non-hydrogen) atoms. The molecule has 2 rings (SSSR count). The van der Waals surface area contributed by atoms with E-state index < -0.39 is 15.9 Å². The lowest BCUT2D eigenvalue weighted by atomic mass is 10.2. The molecule has 4 N–H and O–H groups in total. The van der Waals surface area contributed by atoms with Gasteiger partial charge in [0.15, 0.2) is 0 Å². The Hall–Kier alpha value is -1.12. The van der Waals surface area contributed by atoms with E-state index in [0.29, 0.717) is 4.47 Å². The molecule has 0 spiro atoms. The van der Waals surface area contributed by atoms with E-state index in [1.165, 1.54) is 16.4 Å². The van der Waals surface area contributed by atoms with Crippen LogP contribution in [0.4, 0.5) is 5.69 Å². The SMILES string of the molecule is NC(=O)CN(C1CCCC1)S(=O)(=O)c1cc(Br)ccc1N. The summed E-state index contributed by atoms with van der Waals surface area (Å²) in [5, 5.41) is 0. The molecule has 6 nitrogen and oxygen atoms in total. The highest BCUT2D eigenvalue weighted by Gasteiger charge is 2.35. The fourth-order valence-corrected chi connectivity index (χ4v) is 4.92. The summed E-state index contributed by atoms with van der Waals surface area (Å²) in [4.78, 5) is 11.3. The maximum Gasteiger partial charge on any atom is 0.245 e. The lowest BCUT2D eigenvalue weighted by molar-refractivity contribution is -0.118. The predicted octanol–water partition coefficient (Wildman–Crippen LogP) is 1.45. The molecule has 0 aromatic heterocycles. The Kier molecular flexibility index (Phi) is 4.90. The predicted molar refractivity (Wildman–Crippen MR) is 83.9 cm³/mol. The number of nitrogen functional groups attached to an aromatic ring is 1. The molecular formula is C13H18BrN3O3S. The van der Waals surface area contributed by atoms with Gasteiger partial charge < -0.3 is 11.5 Å². The number of amides is 1. The van der Waals surface area contributed by atoms with Gasteiger partial charge in [0.1, 0.15) is 4.90 Å². The van der Waals surface area contributed by atoms with Gasteiger partial charge >= 0.3 is 0 Å². The van der Waals surface area contributed by atoms with Gasteiger partial charge in [0.05, 0.1) is 12.2 Å². The topological polar surface area (TPSA) is 106 Å². The van der Waals surface area contributed by atoms with Crippen molar-refractivity contribution >= 4 is 37.5 Å². The zero-order chi connectivity index (χ0) is 15.6. The first-order valence-electron chi connectivity index (χ1n) is 6.67. The van der Waals surface area contributed by atoms with Crippen molar-refractivity contribution < 1.29 is 13.2 Å². The van der Waals surface area contributed by atoms with Crippen LogP contribution in [0.1, 0.15) is 25.7 Å². The van der Waals surface area contributed by atoms with Crippen molar-refractivity contribution in [1.29, 1.82) is 0 Å². The smallest absolute Gasteiger partial charge is 0.245 e. The van der Waals surface area contributed by atoms with Gasteiger partial charge in [0.25, 0.3) is 0 Å². The fraction of sp³-hybridized carbons (Fsp3) is 0.462. The third-order valence-corrected chi connectivity index (χ3v) is 6.05. The lowest BCUT2D eigenvalue weighted by Crippen LogP contribution is -2.44. The summed E-state index contributed by atoms with van der Waals surface area (Å²) in [7, 11) is -3.86. The zero-order valence-electron chi connectivity index (χ0n) is 11.5. The summed E-state index contributed by atoms with van der Waals surface area (Å²) in [5.74, 6) is -0.668. The average molecular weight is 376 g/mol. The Morgan fingerprint density at radius 3 is 2.52 bits per heavy atom.